The molecule has 0 unspecified atom stereocenters. The lowest BCUT2D eigenvalue weighted by molar-refractivity contribution is -0.137. The van der Waals surface area contributed by atoms with Gasteiger partial charge in [0.15, 0.2) is 0 Å². The quantitative estimate of drug-likeness (QED) is 0.817. The Morgan fingerprint density at radius 3 is 2.35 bits per heavy atom. The van der Waals surface area contributed by atoms with Crippen LogP contribution in [0.25, 0.3) is 0 Å². The predicted molar refractivity (Wildman–Crippen MR) is 106 cm³/mol. The third-order valence-corrected chi connectivity index (χ3v) is 8.19. The van der Waals surface area contributed by atoms with E-state index in [4.69, 9.17) is 0 Å². The van der Waals surface area contributed by atoms with E-state index in [-0.39, 0.29) is 0 Å². The smallest absolute Gasteiger partial charge is 0.225 e. The molecule has 4 nitrogen and oxygen atoms in total. The number of piperazine rings is 1. The number of carbonyl (C=O) groups is 1. The van der Waals surface area contributed by atoms with E-state index in [1.165, 1.54) is 38.5 Å². The first kappa shape index (κ1) is 18.7. The van der Waals surface area contributed by atoms with Crippen LogP contribution in [-0.4, -0.2) is 61.0 Å². The third kappa shape index (κ3) is 3.56. The summed E-state index contributed by atoms with van der Waals surface area (Å²) in [4.78, 5) is 17.2. The zero-order chi connectivity index (χ0) is 18.1. The normalized spacial score (nSPS) is 35.2. The van der Waals surface area contributed by atoms with Crippen molar-refractivity contribution >= 4 is 5.91 Å². The van der Waals surface area contributed by atoms with Crippen molar-refractivity contribution in [1.29, 1.82) is 0 Å². The molecule has 4 fully saturated rings. The van der Waals surface area contributed by atoms with Gasteiger partial charge in [0.1, 0.15) is 0 Å². The Morgan fingerprint density at radius 1 is 0.962 bits per heavy atom. The summed E-state index contributed by atoms with van der Waals surface area (Å²) in [5.41, 5.74) is 0.484. The molecule has 0 radical (unpaired) electrons. The molecule has 0 bridgehead atoms. The van der Waals surface area contributed by atoms with Crippen molar-refractivity contribution in [3.05, 3.63) is 0 Å². The monoisotopic (exact) mass is 361 g/mol. The van der Waals surface area contributed by atoms with Crippen molar-refractivity contribution in [2.24, 2.45) is 23.2 Å². The van der Waals surface area contributed by atoms with E-state index < -0.39 is 0 Å². The molecule has 1 heterocycles. The molecule has 1 aliphatic heterocycles. The van der Waals surface area contributed by atoms with Gasteiger partial charge < -0.3 is 10.2 Å². The van der Waals surface area contributed by atoms with E-state index >= 15 is 0 Å². The first-order chi connectivity index (χ1) is 12.6. The molecule has 4 heteroatoms. The molecular weight excluding hydrogens is 322 g/mol. The van der Waals surface area contributed by atoms with Crippen LogP contribution in [0.3, 0.4) is 0 Å². The Morgan fingerprint density at radius 2 is 1.62 bits per heavy atom. The highest BCUT2D eigenvalue weighted by molar-refractivity contribution is 5.79. The fraction of sp³-hybridized carbons (Fsp3) is 0.955. The molecule has 3 atom stereocenters. The average molecular weight is 362 g/mol. The van der Waals surface area contributed by atoms with Crippen molar-refractivity contribution in [3.63, 3.8) is 0 Å². The van der Waals surface area contributed by atoms with E-state index in [1.54, 1.807) is 0 Å². The number of hydrogen-bond acceptors (Lipinski definition) is 3. The van der Waals surface area contributed by atoms with E-state index in [2.05, 4.69) is 29.0 Å². The van der Waals surface area contributed by atoms with Gasteiger partial charge in [-0.05, 0) is 42.9 Å². The van der Waals surface area contributed by atoms with Gasteiger partial charge >= 0.3 is 0 Å². The molecule has 1 amide bonds. The zero-order valence-corrected chi connectivity index (χ0v) is 17.0. The summed E-state index contributed by atoms with van der Waals surface area (Å²) in [5, 5.41) is 3.91. The number of rotatable bonds is 5. The molecule has 4 rings (SSSR count). The minimum Gasteiger partial charge on any atom is -0.340 e. The molecule has 4 aliphatic rings. The Labute approximate surface area is 160 Å². The molecular formula is C22H39N3O. The minimum atomic E-state index is 0.340. The van der Waals surface area contributed by atoms with E-state index in [0.29, 0.717) is 17.2 Å². The van der Waals surface area contributed by atoms with Crippen LogP contribution < -0.4 is 5.32 Å². The third-order valence-electron chi connectivity index (χ3n) is 8.19. The van der Waals surface area contributed by atoms with Crippen LogP contribution in [0, 0.1) is 23.2 Å². The van der Waals surface area contributed by atoms with Gasteiger partial charge in [-0.25, -0.2) is 0 Å². The molecule has 148 valence electrons. The fourth-order valence-electron chi connectivity index (χ4n) is 6.56. The minimum absolute atomic E-state index is 0.340. The van der Waals surface area contributed by atoms with Gasteiger partial charge in [0.2, 0.25) is 5.91 Å². The van der Waals surface area contributed by atoms with Crippen molar-refractivity contribution in [2.75, 3.05) is 39.3 Å². The zero-order valence-electron chi connectivity index (χ0n) is 17.0. The van der Waals surface area contributed by atoms with Crippen LogP contribution in [0.4, 0.5) is 0 Å². The molecule has 26 heavy (non-hydrogen) atoms. The number of amides is 1. The number of nitrogens with zero attached hydrogens (tertiary/aromatic N) is 2. The van der Waals surface area contributed by atoms with Crippen LogP contribution in [0.2, 0.25) is 0 Å². The number of nitrogens with one attached hydrogen (secondary N) is 1. The molecule has 1 N–H and O–H groups in total. The summed E-state index contributed by atoms with van der Waals surface area (Å²) in [6, 6.07) is 0.720. The van der Waals surface area contributed by atoms with Crippen molar-refractivity contribution in [3.8, 4) is 0 Å². The lowest BCUT2D eigenvalue weighted by atomic mass is 9.48. The van der Waals surface area contributed by atoms with Crippen LogP contribution in [0.15, 0.2) is 0 Å². The van der Waals surface area contributed by atoms with Gasteiger partial charge in [0.05, 0.1) is 0 Å². The Kier molecular flexibility index (Phi) is 5.61. The molecule has 0 aromatic carbocycles. The predicted octanol–water partition coefficient (Wildman–Crippen LogP) is 3.13. The summed E-state index contributed by atoms with van der Waals surface area (Å²) in [6.07, 6.45) is 10.5. The molecule has 0 aromatic heterocycles. The summed E-state index contributed by atoms with van der Waals surface area (Å²) < 4.78 is 0. The van der Waals surface area contributed by atoms with Crippen LogP contribution >= 0.6 is 0 Å². The van der Waals surface area contributed by atoms with Gasteiger partial charge in [-0.15, -0.1) is 0 Å². The molecule has 0 aromatic rings. The number of fused-ring (bicyclic) bond motifs is 1. The SMILES string of the molecule is CC1(C)[C@H]2CCCC[C@H]2[C@@H]1NCCN1CCN(C(=O)C2CCCC2)CC1. The standard InChI is InChI=1S/C22H39N3O/c1-22(2)19-10-6-5-9-18(19)20(22)23-11-12-24-13-15-25(16-14-24)21(26)17-7-3-4-8-17/h17-20,23H,3-16H2,1-2H3/t18-,19+,20+/m1/s1. The highest BCUT2D eigenvalue weighted by Gasteiger charge is 2.55. The van der Waals surface area contributed by atoms with Crippen molar-refractivity contribution in [1.82, 2.24) is 15.1 Å². The highest BCUT2D eigenvalue weighted by Crippen LogP contribution is 2.57. The second kappa shape index (κ2) is 7.79. The molecule has 1 saturated heterocycles. The number of carbonyl (C=O) groups excluding carboxylic acids is 1. The summed E-state index contributed by atoms with van der Waals surface area (Å²) in [5.74, 6) is 2.67. The Hall–Kier alpha value is -0.610. The van der Waals surface area contributed by atoms with E-state index in [1.807, 2.05) is 0 Å². The summed E-state index contributed by atoms with van der Waals surface area (Å²) in [6.45, 7) is 11.2. The second-order valence-corrected chi connectivity index (χ2v) is 9.96. The molecule has 0 spiro atoms. The van der Waals surface area contributed by atoms with Crippen molar-refractivity contribution in [2.45, 2.75) is 71.3 Å². The lowest BCUT2D eigenvalue weighted by Crippen LogP contribution is -2.65. The van der Waals surface area contributed by atoms with Gasteiger partial charge in [-0.3, -0.25) is 9.69 Å². The maximum Gasteiger partial charge on any atom is 0.225 e. The Bertz CT molecular complexity index is 492. The largest absolute Gasteiger partial charge is 0.340 e. The van der Waals surface area contributed by atoms with E-state index in [0.717, 1.165) is 70.0 Å². The maximum atomic E-state index is 12.6. The average Bonchev–Trinajstić information content (AvgIpc) is 3.20. The van der Waals surface area contributed by atoms with E-state index in [9.17, 15) is 4.79 Å². The fourth-order valence-corrected chi connectivity index (χ4v) is 6.56. The first-order valence-electron chi connectivity index (χ1n) is 11.3. The second-order valence-electron chi connectivity index (χ2n) is 9.96. The lowest BCUT2D eigenvalue weighted by Gasteiger charge is -2.61. The Balaban J connectivity index is 1.17. The first-order valence-corrected chi connectivity index (χ1v) is 11.3. The summed E-state index contributed by atoms with van der Waals surface area (Å²) >= 11 is 0. The highest BCUT2D eigenvalue weighted by atomic mass is 16.2. The molecule has 3 saturated carbocycles. The van der Waals surface area contributed by atoms with Crippen LogP contribution in [0.5, 0.6) is 0 Å². The van der Waals surface area contributed by atoms with Gasteiger partial charge in [0, 0.05) is 51.2 Å². The van der Waals surface area contributed by atoms with Gasteiger partial charge in [0.25, 0.3) is 0 Å². The number of hydrogen-bond donors (Lipinski definition) is 1. The molecule has 3 aliphatic carbocycles. The van der Waals surface area contributed by atoms with Crippen molar-refractivity contribution < 1.29 is 4.79 Å². The van der Waals surface area contributed by atoms with Gasteiger partial charge in [-0.1, -0.05) is 39.5 Å². The summed E-state index contributed by atoms with van der Waals surface area (Å²) in [7, 11) is 0. The van der Waals surface area contributed by atoms with Crippen LogP contribution in [-0.2, 0) is 4.79 Å². The maximum absolute atomic E-state index is 12.6. The topological polar surface area (TPSA) is 35.6 Å². The van der Waals surface area contributed by atoms with Gasteiger partial charge in [-0.2, -0.15) is 0 Å². The van der Waals surface area contributed by atoms with Crippen LogP contribution in [0.1, 0.15) is 65.2 Å².